The van der Waals surface area contributed by atoms with Crippen LogP contribution in [0.5, 0.6) is 0 Å². The summed E-state index contributed by atoms with van der Waals surface area (Å²) in [5, 5.41) is 0. The average Bonchev–Trinajstić information content (AvgIpc) is 2.55. The molecule has 0 N–H and O–H groups in total. The molecule has 2 aliphatic rings. The number of carbonyl (C=O) groups excluding carboxylic acids is 1. The lowest BCUT2D eigenvalue weighted by Gasteiger charge is -2.40. The van der Waals surface area contributed by atoms with E-state index >= 15 is 0 Å². The van der Waals surface area contributed by atoms with Crippen LogP contribution in [0.4, 0.5) is 0 Å². The molecule has 2 saturated heterocycles. The summed E-state index contributed by atoms with van der Waals surface area (Å²) in [4.78, 5) is 20.8. The Kier molecular flexibility index (Phi) is 7.08. The molecule has 0 aromatic heterocycles. The lowest BCUT2D eigenvalue weighted by atomic mass is 10.3. The number of rotatable bonds is 6. The van der Waals surface area contributed by atoms with E-state index in [-0.39, 0.29) is 12.1 Å². The van der Waals surface area contributed by atoms with Gasteiger partial charge in [0.15, 0.2) is 0 Å². The second kappa shape index (κ2) is 8.82. The third kappa shape index (κ3) is 4.91. The number of ether oxygens (including phenoxy) is 1. The summed E-state index contributed by atoms with van der Waals surface area (Å²) in [6, 6.07) is 0. The molecule has 6 heteroatoms. The molecular weight excluding hydrogens is 280 g/mol. The zero-order valence-electron chi connectivity index (χ0n) is 14.5. The van der Waals surface area contributed by atoms with Crippen LogP contribution in [-0.2, 0) is 9.53 Å². The van der Waals surface area contributed by atoms with Gasteiger partial charge >= 0.3 is 0 Å². The molecule has 0 aromatic carbocycles. The van der Waals surface area contributed by atoms with Crippen LogP contribution >= 0.6 is 0 Å². The van der Waals surface area contributed by atoms with Gasteiger partial charge in [-0.15, -0.1) is 0 Å². The number of amides is 1. The summed E-state index contributed by atoms with van der Waals surface area (Å²) in [6.45, 7) is 16.9. The van der Waals surface area contributed by atoms with Crippen LogP contribution in [0.3, 0.4) is 0 Å². The molecule has 0 aromatic rings. The summed E-state index contributed by atoms with van der Waals surface area (Å²) in [7, 11) is 0. The fourth-order valence-electron chi connectivity index (χ4n) is 3.24. The third-order valence-electron chi connectivity index (χ3n) is 4.92. The van der Waals surface area contributed by atoms with Crippen molar-refractivity contribution in [2.45, 2.75) is 27.0 Å². The van der Waals surface area contributed by atoms with Gasteiger partial charge in [0.2, 0.25) is 5.91 Å². The Bertz CT molecular complexity index is 345. The number of carbonyl (C=O) groups is 1. The van der Waals surface area contributed by atoms with Crippen LogP contribution in [0.1, 0.15) is 20.8 Å². The molecule has 2 fully saturated rings. The van der Waals surface area contributed by atoms with Crippen molar-refractivity contribution < 1.29 is 9.53 Å². The lowest BCUT2D eigenvalue weighted by molar-refractivity contribution is -0.143. The summed E-state index contributed by atoms with van der Waals surface area (Å²) in [5.41, 5.74) is 0. The first kappa shape index (κ1) is 17.7. The van der Waals surface area contributed by atoms with Gasteiger partial charge in [-0.05, 0) is 13.1 Å². The normalized spacial score (nSPS) is 25.6. The molecule has 0 saturated carbocycles. The standard InChI is InChI=1S/C16H32N4O2/c1-4-17-6-8-18(9-7-17)12-13-22-16-14-20(15(3)21)11-10-19(16)5-2/h16H,4-14H2,1-3H3. The van der Waals surface area contributed by atoms with Crippen LogP contribution in [0.2, 0.25) is 0 Å². The van der Waals surface area contributed by atoms with E-state index in [0.717, 1.165) is 52.4 Å². The van der Waals surface area contributed by atoms with Crippen LogP contribution in [0, 0.1) is 0 Å². The van der Waals surface area contributed by atoms with Gasteiger partial charge in [0.05, 0.1) is 13.2 Å². The first-order chi connectivity index (χ1) is 10.6. The molecule has 128 valence electrons. The highest BCUT2D eigenvalue weighted by Crippen LogP contribution is 2.11. The van der Waals surface area contributed by atoms with Gasteiger partial charge in [-0.2, -0.15) is 0 Å². The molecule has 2 aliphatic heterocycles. The Labute approximate surface area is 135 Å². The molecule has 1 amide bonds. The van der Waals surface area contributed by atoms with Gasteiger partial charge in [-0.25, -0.2) is 0 Å². The summed E-state index contributed by atoms with van der Waals surface area (Å²) in [6.07, 6.45) is 0.0552. The zero-order chi connectivity index (χ0) is 15.9. The first-order valence-corrected chi connectivity index (χ1v) is 8.70. The Balaban J connectivity index is 1.71. The average molecular weight is 312 g/mol. The van der Waals surface area contributed by atoms with Gasteiger partial charge in [-0.3, -0.25) is 14.6 Å². The van der Waals surface area contributed by atoms with Crippen molar-refractivity contribution in [3.63, 3.8) is 0 Å². The molecule has 0 aliphatic carbocycles. The van der Waals surface area contributed by atoms with E-state index < -0.39 is 0 Å². The highest BCUT2D eigenvalue weighted by Gasteiger charge is 2.27. The minimum atomic E-state index is 0.0552. The van der Waals surface area contributed by atoms with Crippen LogP contribution < -0.4 is 0 Å². The smallest absolute Gasteiger partial charge is 0.219 e. The van der Waals surface area contributed by atoms with Crippen molar-refractivity contribution in [1.82, 2.24) is 19.6 Å². The molecular formula is C16H32N4O2. The molecule has 2 rings (SSSR count). The van der Waals surface area contributed by atoms with Gasteiger partial charge in [0.1, 0.15) is 6.23 Å². The second-order valence-corrected chi connectivity index (χ2v) is 6.19. The Hall–Kier alpha value is -0.690. The van der Waals surface area contributed by atoms with Crippen LogP contribution in [0.15, 0.2) is 0 Å². The van der Waals surface area contributed by atoms with Crippen molar-refractivity contribution >= 4 is 5.91 Å². The molecule has 1 atom stereocenters. The summed E-state index contributed by atoms with van der Waals surface area (Å²) < 4.78 is 6.10. The summed E-state index contributed by atoms with van der Waals surface area (Å²) >= 11 is 0. The number of hydrogen-bond donors (Lipinski definition) is 0. The van der Waals surface area contributed by atoms with E-state index in [1.54, 1.807) is 6.92 Å². The maximum atomic E-state index is 11.6. The van der Waals surface area contributed by atoms with E-state index in [1.165, 1.54) is 13.1 Å². The number of piperazine rings is 2. The van der Waals surface area contributed by atoms with E-state index in [2.05, 4.69) is 28.5 Å². The van der Waals surface area contributed by atoms with Crippen molar-refractivity contribution in [3.05, 3.63) is 0 Å². The van der Waals surface area contributed by atoms with E-state index in [4.69, 9.17) is 4.74 Å². The molecule has 6 nitrogen and oxygen atoms in total. The third-order valence-corrected chi connectivity index (χ3v) is 4.92. The van der Waals surface area contributed by atoms with Crippen LogP contribution in [0.25, 0.3) is 0 Å². The number of nitrogens with zero attached hydrogens (tertiary/aromatic N) is 4. The van der Waals surface area contributed by atoms with Gasteiger partial charge in [0.25, 0.3) is 0 Å². The minimum Gasteiger partial charge on any atom is -0.360 e. The highest BCUT2D eigenvalue weighted by molar-refractivity contribution is 5.73. The molecule has 22 heavy (non-hydrogen) atoms. The quantitative estimate of drug-likeness (QED) is 0.698. The van der Waals surface area contributed by atoms with Crippen molar-refractivity contribution in [3.8, 4) is 0 Å². The topological polar surface area (TPSA) is 39.3 Å². The fourth-order valence-corrected chi connectivity index (χ4v) is 3.24. The fraction of sp³-hybridized carbons (Fsp3) is 0.938. The van der Waals surface area contributed by atoms with Crippen LogP contribution in [-0.4, -0.2) is 104 Å². The first-order valence-electron chi connectivity index (χ1n) is 8.70. The lowest BCUT2D eigenvalue weighted by Crippen LogP contribution is -2.55. The SMILES string of the molecule is CCN1CCN(CCOC2CN(C(C)=O)CCN2CC)CC1. The monoisotopic (exact) mass is 312 g/mol. The molecule has 2 heterocycles. The van der Waals surface area contributed by atoms with E-state index in [1.807, 2.05) is 4.90 Å². The molecule has 0 bridgehead atoms. The predicted octanol–water partition coefficient (Wildman–Crippen LogP) is 0.151. The van der Waals surface area contributed by atoms with Crippen molar-refractivity contribution in [2.24, 2.45) is 0 Å². The Morgan fingerprint density at radius 1 is 1.00 bits per heavy atom. The van der Waals surface area contributed by atoms with Crippen molar-refractivity contribution in [2.75, 3.05) is 72.1 Å². The van der Waals surface area contributed by atoms with Crippen molar-refractivity contribution in [1.29, 1.82) is 0 Å². The Morgan fingerprint density at radius 3 is 2.27 bits per heavy atom. The largest absolute Gasteiger partial charge is 0.360 e. The zero-order valence-corrected chi connectivity index (χ0v) is 14.5. The minimum absolute atomic E-state index is 0.0552. The maximum Gasteiger partial charge on any atom is 0.219 e. The predicted molar refractivity (Wildman–Crippen MR) is 87.8 cm³/mol. The number of hydrogen-bond acceptors (Lipinski definition) is 5. The molecule has 0 spiro atoms. The molecule has 1 unspecified atom stereocenters. The van der Waals surface area contributed by atoms with E-state index in [0.29, 0.717) is 6.54 Å². The highest BCUT2D eigenvalue weighted by atomic mass is 16.5. The maximum absolute atomic E-state index is 11.6. The summed E-state index contributed by atoms with van der Waals surface area (Å²) in [5.74, 6) is 0.153. The Morgan fingerprint density at radius 2 is 1.68 bits per heavy atom. The van der Waals surface area contributed by atoms with Gasteiger partial charge < -0.3 is 14.5 Å². The van der Waals surface area contributed by atoms with E-state index in [9.17, 15) is 4.79 Å². The number of likely N-dealkylation sites (N-methyl/N-ethyl adjacent to an activating group) is 2. The second-order valence-electron chi connectivity index (χ2n) is 6.19. The van der Waals surface area contributed by atoms with Gasteiger partial charge in [-0.1, -0.05) is 13.8 Å². The molecule has 0 radical (unpaired) electrons. The van der Waals surface area contributed by atoms with Gasteiger partial charge in [0, 0.05) is 52.7 Å².